The molecule has 6 nitrogen and oxygen atoms in total. The molecule has 1 fully saturated rings. The average Bonchev–Trinajstić information content (AvgIpc) is 2.42. The third kappa shape index (κ3) is 2.51. The predicted octanol–water partition coefficient (Wildman–Crippen LogP) is -0.760. The number of carbonyl (C=O) groups excluding carboxylic acids is 3. The van der Waals surface area contributed by atoms with E-state index in [1.54, 1.807) is 0 Å². The first kappa shape index (κ1) is 9.66. The van der Waals surface area contributed by atoms with E-state index < -0.39 is 0 Å². The van der Waals surface area contributed by atoms with Crippen molar-refractivity contribution in [1.82, 2.24) is 5.06 Å². The van der Waals surface area contributed by atoms with Gasteiger partial charge in [0.2, 0.25) is 0 Å². The number of ether oxygens (including phenoxy) is 1. The minimum Gasteiger partial charge on any atom is -0.465 e. The lowest BCUT2D eigenvalue weighted by Crippen LogP contribution is -2.30. The highest BCUT2D eigenvalue weighted by atomic mass is 16.7. The zero-order chi connectivity index (χ0) is 9.68. The molecule has 0 aromatic carbocycles. The quantitative estimate of drug-likeness (QED) is 0.321. The minimum atomic E-state index is -0.351. The van der Waals surface area contributed by atoms with Gasteiger partial charge >= 0.3 is 0 Å². The molecule has 0 saturated carbocycles. The maximum Gasteiger partial charge on any atom is 0.293 e. The first-order valence-corrected chi connectivity index (χ1v) is 3.79. The fourth-order valence-electron chi connectivity index (χ4n) is 0.925. The fourth-order valence-corrected chi connectivity index (χ4v) is 0.925. The first-order valence-electron chi connectivity index (χ1n) is 3.79. The van der Waals surface area contributed by atoms with E-state index in [1.807, 2.05) is 0 Å². The third-order valence-electron chi connectivity index (χ3n) is 1.50. The highest BCUT2D eigenvalue weighted by Crippen LogP contribution is 2.11. The topological polar surface area (TPSA) is 72.9 Å². The van der Waals surface area contributed by atoms with Crippen molar-refractivity contribution in [3.05, 3.63) is 0 Å². The molecule has 0 unspecified atom stereocenters. The molecule has 0 aliphatic carbocycles. The standard InChI is InChI=1S/C7H9NO5/c9-5-12-3-4-13-8-6(10)1-2-7(8)11/h5H,1-4H2. The van der Waals surface area contributed by atoms with Crippen molar-refractivity contribution in [2.24, 2.45) is 0 Å². The Morgan fingerprint density at radius 2 is 1.85 bits per heavy atom. The van der Waals surface area contributed by atoms with Gasteiger partial charge in [-0.15, -0.1) is 0 Å². The molecule has 13 heavy (non-hydrogen) atoms. The monoisotopic (exact) mass is 187 g/mol. The number of hydrogen-bond acceptors (Lipinski definition) is 5. The van der Waals surface area contributed by atoms with Crippen LogP contribution in [-0.4, -0.2) is 36.6 Å². The Balaban J connectivity index is 2.23. The van der Waals surface area contributed by atoms with E-state index in [0.29, 0.717) is 5.06 Å². The molecule has 0 N–H and O–H groups in total. The number of imide groups is 1. The first-order chi connectivity index (χ1) is 6.25. The number of hydroxylamine groups is 2. The van der Waals surface area contributed by atoms with Gasteiger partial charge in [0.15, 0.2) is 0 Å². The lowest BCUT2D eigenvalue weighted by atomic mass is 10.4. The van der Waals surface area contributed by atoms with Crippen LogP contribution in [-0.2, 0) is 24.0 Å². The van der Waals surface area contributed by atoms with E-state index in [9.17, 15) is 14.4 Å². The molecular weight excluding hydrogens is 178 g/mol. The van der Waals surface area contributed by atoms with Gasteiger partial charge in [-0.1, -0.05) is 0 Å². The van der Waals surface area contributed by atoms with E-state index >= 15 is 0 Å². The van der Waals surface area contributed by atoms with Crippen LogP contribution >= 0.6 is 0 Å². The molecule has 72 valence electrons. The van der Waals surface area contributed by atoms with E-state index in [1.165, 1.54) is 0 Å². The minimum absolute atomic E-state index is 0.0101. The molecule has 1 aliphatic heterocycles. The summed E-state index contributed by atoms with van der Waals surface area (Å²) in [4.78, 5) is 36.3. The largest absolute Gasteiger partial charge is 0.465 e. The molecule has 6 heteroatoms. The molecule has 0 radical (unpaired) electrons. The molecule has 0 aromatic rings. The molecule has 0 aromatic heterocycles. The van der Waals surface area contributed by atoms with Crippen molar-refractivity contribution in [2.75, 3.05) is 13.2 Å². The van der Waals surface area contributed by atoms with Gasteiger partial charge in [0.25, 0.3) is 18.3 Å². The zero-order valence-electron chi connectivity index (χ0n) is 6.89. The lowest BCUT2D eigenvalue weighted by Gasteiger charge is -2.11. The predicted molar refractivity (Wildman–Crippen MR) is 39.1 cm³/mol. The van der Waals surface area contributed by atoms with Gasteiger partial charge in [-0.2, -0.15) is 5.06 Å². The second-order valence-electron chi connectivity index (χ2n) is 2.38. The second kappa shape index (κ2) is 4.56. The lowest BCUT2D eigenvalue weighted by molar-refractivity contribution is -0.190. The Labute approximate surface area is 74.3 Å². The summed E-state index contributed by atoms with van der Waals surface area (Å²) >= 11 is 0. The van der Waals surface area contributed by atoms with Crippen LogP contribution in [0.2, 0.25) is 0 Å². The summed E-state index contributed by atoms with van der Waals surface area (Å²) in [5, 5.41) is 0.716. The van der Waals surface area contributed by atoms with E-state index in [0.717, 1.165) is 0 Å². The molecule has 0 atom stereocenters. The average molecular weight is 187 g/mol. The van der Waals surface area contributed by atoms with Crippen LogP contribution in [0.1, 0.15) is 12.8 Å². The van der Waals surface area contributed by atoms with Crippen molar-refractivity contribution >= 4 is 18.3 Å². The Bertz CT molecular complexity index is 211. The van der Waals surface area contributed by atoms with Gasteiger partial charge in [0.1, 0.15) is 13.2 Å². The Morgan fingerprint density at radius 3 is 2.38 bits per heavy atom. The summed E-state index contributed by atoms with van der Waals surface area (Å²) in [5.41, 5.74) is 0. The van der Waals surface area contributed by atoms with E-state index in [4.69, 9.17) is 4.84 Å². The summed E-state index contributed by atoms with van der Waals surface area (Å²) < 4.78 is 4.31. The van der Waals surface area contributed by atoms with Crippen molar-refractivity contribution in [2.45, 2.75) is 12.8 Å². The normalized spacial score (nSPS) is 16.5. The molecule has 1 rings (SSSR count). The SMILES string of the molecule is O=COCCON1C(=O)CCC1=O. The van der Waals surface area contributed by atoms with Crippen LogP contribution in [0.5, 0.6) is 0 Å². The smallest absolute Gasteiger partial charge is 0.293 e. The summed E-state index contributed by atoms with van der Waals surface area (Å²) in [6.45, 7) is 0.313. The van der Waals surface area contributed by atoms with Crippen LogP contribution < -0.4 is 0 Å². The Kier molecular flexibility index (Phi) is 3.39. The van der Waals surface area contributed by atoms with Gasteiger partial charge < -0.3 is 4.74 Å². The van der Waals surface area contributed by atoms with Crippen LogP contribution in [0.4, 0.5) is 0 Å². The molecule has 2 amide bonds. The van der Waals surface area contributed by atoms with Crippen LogP contribution in [0.15, 0.2) is 0 Å². The summed E-state index contributed by atoms with van der Waals surface area (Å²) in [5.74, 6) is -0.702. The maximum atomic E-state index is 10.9. The van der Waals surface area contributed by atoms with Gasteiger partial charge in [0.05, 0.1) is 0 Å². The maximum absolute atomic E-state index is 10.9. The van der Waals surface area contributed by atoms with Gasteiger partial charge in [-0.05, 0) is 0 Å². The Hall–Kier alpha value is -1.43. The van der Waals surface area contributed by atoms with Gasteiger partial charge in [0, 0.05) is 12.8 Å². The molecule has 0 spiro atoms. The zero-order valence-corrected chi connectivity index (χ0v) is 6.89. The van der Waals surface area contributed by atoms with E-state index in [2.05, 4.69) is 4.74 Å². The van der Waals surface area contributed by atoms with Crippen molar-refractivity contribution in [1.29, 1.82) is 0 Å². The van der Waals surface area contributed by atoms with Crippen LogP contribution in [0.3, 0.4) is 0 Å². The van der Waals surface area contributed by atoms with Crippen LogP contribution in [0, 0.1) is 0 Å². The summed E-state index contributed by atoms with van der Waals surface area (Å²) in [6, 6.07) is 0. The van der Waals surface area contributed by atoms with Crippen molar-refractivity contribution in [3.63, 3.8) is 0 Å². The number of nitrogens with zero attached hydrogens (tertiary/aromatic N) is 1. The molecule has 0 bridgehead atoms. The van der Waals surface area contributed by atoms with Crippen LogP contribution in [0.25, 0.3) is 0 Å². The van der Waals surface area contributed by atoms with Crippen molar-refractivity contribution < 1.29 is 24.0 Å². The molecule has 1 saturated heterocycles. The van der Waals surface area contributed by atoms with Gasteiger partial charge in [-0.3, -0.25) is 19.2 Å². The van der Waals surface area contributed by atoms with E-state index in [-0.39, 0.29) is 44.3 Å². The number of carbonyl (C=O) groups is 3. The summed E-state index contributed by atoms with van der Waals surface area (Å²) in [6.07, 6.45) is 0.376. The highest BCUT2D eigenvalue weighted by Gasteiger charge is 2.29. The van der Waals surface area contributed by atoms with Crippen molar-refractivity contribution in [3.8, 4) is 0 Å². The number of hydrogen-bond donors (Lipinski definition) is 0. The molecule has 1 heterocycles. The summed E-state index contributed by atoms with van der Waals surface area (Å²) in [7, 11) is 0. The highest BCUT2D eigenvalue weighted by molar-refractivity contribution is 6.00. The molecular formula is C7H9NO5. The number of amides is 2. The second-order valence-corrected chi connectivity index (χ2v) is 2.38. The third-order valence-corrected chi connectivity index (χ3v) is 1.50. The number of rotatable bonds is 5. The fraction of sp³-hybridized carbons (Fsp3) is 0.571. The van der Waals surface area contributed by atoms with Gasteiger partial charge in [-0.25, -0.2) is 0 Å². The Morgan fingerprint density at radius 1 is 1.23 bits per heavy atom. The molecule has 1 aliphatic rings.